The van der Waals surface area contributed by atoms with E-state index in [1.807, 2.05) is 18.2 Å². The molecule has 0 amide bonds. The van der Waals surface area contributed by atoms with Crippen molar-refractivity contribution in [3.8, 4) is 0 Å². The predicted molar refractivity (Wildman–Crippen MR) is 112 cm³/mol. The second kappa shape index (κ2) is 9.13. The van der Waals surface area contributed by atoms with Gasteiger partial charge in [-0.3, -0.25) is 4.31 Å². The van der Waals surface area contributed by atoms with E-state index in [0.29, 0.717) is 24.2 Å². The number of rotatable bonds is 7. The number of esters is 2. The number of carbonyl (C=O) groups is 2. The van der Waals surface area contributed by atoms with Crippen LogP contribution in [0.2, 0.25) is 0 Å². The van der Waals surface area contributed by atoms with Crippen LogP contribution in [0, 0.1) is 0 Å². The molecular weight excluding hydrogens is 406 g/mol. The highest BCUT2D eigenvalue weighted by molar-refractivity contribution is 7.92. The summed E-state index contributed by atoms with van der Waals surface area (Å²) in [6.45, 7) is 3.35. The zero-order valence-corrected chi connectivity index (χ0v) is 17.6. The number of carbonyl (C=O) groups excluding carboxylic acids is 2. The van der Waals surface area contributed by atoms with E-state index >= 15 is 0 Å². The number of ether oxygens (including phenoxy) is 2. The Bertz CT molecular complexity index is 1060. The molecule has 0 aromatic heterocycles. The Labute approximate surface area is 176 Å². The summed E-state index contributed by atoms with van der Waals surface area (Å²) in [7, 11) is -3.66. The molecule has 8 heteroatoms. The molecule has 0 saturated heterocycles. The molecule has 0 saturated carbocycles. The van der Waals surface area contributed by atoms with Gasteiger partial charge in [-0.1, -0.05) is 30.3 Å². The Balaban J connectivity index is 1.63. The standard InChI is InChI=1S/C22H23NO6S/c1-16(2)29-22(25)15-28-21(24)12-9-17-7-10-19(11-8-17)30(26,27)23-14-13-18-5-3-4-6-20(18)23/h3-12,16H,13-15H2,1-2H3. The van der Waals surface area contributed by atoms with E-state index in [1.165, 1.54) is 28.6 Å². The van der Waals surface area contributed by atoms with Crippen LogP contribution in [-0.2, 0) is 35.5 Å². The third kappa shape index (κ3) is 5.07. The maximum Gasteiger partial charge on any atom is 0.344 e. The molecule has 0 spiro atoms. The van der Waals surface area contributed by atoms with Crippen LogP contribution in [0.4, 0.5) is 5.69 Å². The van der Waals surface area contributed by atoms with Crippen molar-refractivity contribution in [2.45, 2.75) is 31.3 Å². The van der Waals surface area contributed by atoms with Crippen LogP contribution in [-0.4, -0.2) is 39.6 Å². The monoisotopic (exact) mass is 429 g/mol. The van der Waals surface area contributed by atoms with Crippen LogP contribution < -0.4 is 4.31 Å². The second-order valence-corrected chi connectivity index (χ2v) is 8.87. The second-order valence-electron chi connectivity index (χ2n) is 7.00. The van der Waals surface area contributed by atoms with Gasteiger partial charge in [0.25, 0.3) is 10.0 Å². The van der Waals surface area contributed by atoms with E-state index in [2.05, 4.69) is 0 Å². The summed E-state index contributed by atoms with van der Waals surface area (Å²) in [5.41, 5.74) is 2.34. The van der Waals surface area contributed by atoms with Crippen molar-refractivity contribution in [2.24, 2.45) is 0 Å². The van der Waals surface area contributed by atoms with Gasteiger partial charge in [-0.25, -0.2) is 18.0 Å². The van der Waals surface area contributed by atoms with E-state index in [4.69, 9.17) is 9.47 Å². The van der Waals surface area contributed by atoms with Crippen LogP contribution in [0.3, 0.4) is 0 Å². The SMILES string of the molecule is CC(C)OC(=O)COC(=O)C=Cc1ccc(S(=O)(=O)N2CCc3ccccc32)cc1. The number of fused-ring (bicyclic) bond motifs is 1. The summed E-state index contributed by atoms with van der Waals surface area (Å²) in [6, 6.07) is 13.7. The van der Waals surface area contributed by atoms with Crippen LogP contribution in [0.25, 0.3) is 6.08 Å². The van der Waals surface area contributed by atoms with Gasteiger partial charge in [0.05, 0.1) is 16.7 Å². The smallest absolute Gasteiger partial charge is 0.344 e. The van der Waals surface area contributed by atoms with E-state index in [-0.39, 0.29) is 11.0 Å². The minimum absolute atomic E-state index is 0.176. The van der Waals surface area contributed by atoms with Crippen molar-refractivity contribution < 1.29 is 27.5 Å². The van der Waals surface area contributed by atoms with E-state index in [1.54, 1.807) is 32.0 Å². The average Bonchev–Trinajstić information content (AvgIpc) is 3.15. The van der Waals surface area contributed by atoms with E-state index in [0.717, 1.165) is 5.56 Å². The van der Waals surface area contributed by atoms with Crippen molar-refractivity contribution >= 4 is 33.7 Å². The molecule has 158 valence electrons. The Hall–Kier alpha value is -3.13. The highest BCUT2D eigenvalue weighted by Crippen LogP contribution is 2.32. The maximum atomic E-state index is 13.0. The normalized spacial score (nSPS) is 13.5. The molecule has 0 unspecified atom stereocenters. The molecule has 1 heterocycles. The summed E-state index contributed by atoms with van der Waals surface area (Å²) < 4.78 is 37.1. The van der Waals surface area contributed by atoms with Crippen molar-refractivity contribution in [2.75, 3.05) is 17.5 Å². The van der Waals surface area contributed by atoms with Gasteiger partial charge in [-0.15, -0.1) is 0 Å². The summed E-state index contributed by atoms with van der Waals surface area (Å²) in [5.74, 6) is -1.31. The summed E-state index contributed by atoms with van der Waals surface area (Å²) in [6.07, 6.45) is 3.06. The lowest BCUT2D eigenvalue weighted by atomic mass is 10.2. The first kappa shape index (κ1) is 21.6. The Morgan fingerprint density at radius 2 is 1.80 bits per heavy atom. The zero-order valence-electron chi connectivity index (χ0n) is 16.8. The Morgan fingerprint density at radius 1 is 1.10 bits per heavy atom. The molecule has 0 atom stereocenters. The first-order valence-electron chi connectivity index (χ1n) is 9.52. The molecule has 0 fully saturated rings. The number of sulfonamides is 1. The zero-order chi connectivity index (χ0) is 21.7. The van der Waals surface area contributed by atoms with Crippen molar-refractivity contribution in [1.29, 1.82) is 0 Å². The lowest BCUT2D eigenvalue weighted by molar-refractivity contribution is -0.158. The highest BCUT2D eigenvalue weighted by atomic mass is 32.2. The first-order chi connectivity index (χ1) is 14.3. The van der Waals surface area contributed by atoms with Crippen molar-refractivity contribution in [1.82, 2.24) is 0 Å². The first-order valence-corrected chi connectivity index (χ1v) is 11.0. The third-order valence-electron chi connectivity index (χ3n) is 4.42. The molecule has 3 rings (SSSR count). The van der Waals surface area contributed by atoms with Crippen LogP contribution in [0.15, 0.2) is 59.5 Å². The summed E-state index contributed by atoms with van der Waals surface area (Å²) in [4.78, 5) is 23.2. The number of para-hydroxylation sites is 1. The fourth-order valence-corrected chi connectivity index (χ4v) is 4.58. The van der Waals surface area contributed by atoms with Gasteiger partial charge in [-0.2, -0.15) is 0 Å². The number of hydrogen-bond donors (Lipinski definition) is 0. The fourth-order valence-electron chi connectivity index (χ4n) is 3.08. The van der Waals surface area contributed by atoms with Gasteiger partial charge >= 0.3 is 11.9 Å². The number of hydrogen-bond acceptors (Lipinski definition) is 6. The van der Waals surface area contributed by atoms with Crippen molar-refractivity contribution in [3.63, 3.8) is 0 Å². The molecule has 0 N–H and O–H groups in total. The predicted octanol–water partition coefficient (Wildman–Crippen LogP) is 2.95. The topological polar surface area (TPSA) is 90.0 Å². The fraction of sp³-hybridized carbons (Fsp3) is 0.273. The van der Waals surface area contributed by atoms with Gasteiger partial charge < -0.3 is 9.47 Å². The van der Waals surface area contributed by atoms with E-state index in [9.17, 15) is 18.0 Å². The minimum Gasteiger partial charge on any atom is -0.460 e. The van der Waals surface area contributed by atoms with E-state index < -0.39 is 28.6 Å². The molecule has 30 heavy (non-hydrogen) atoms. The highest BCUT2D eigenvalue weighted by Gasteiger charge is 2.30. The van der Waals surface area contributed by atoms with Gasteiger partial charge in [0.15, 0.2) is 6.61 Å². The molecule has 7 nitrogen and oxygen atoms in total. The Morgan fingerprint density at radius 3 is 2.50 bits per heavy atom. The lowest BCUT2D eigenvalue weighted by Gasteiger charge is -2.19. The van der Waals surface area contributed by atoms with Gasteiger partial charge in [0.2, 0.25) is 0 Å². The number of anilines is 1. The average molecular weight is 429 g/mol. The minimum atomic E-state index is -3.66. The molecule has 1 aliphatic rings. The summed E-state index contributed by atoms with van der Waals surface area (Å²) >= 11 is 0. The number of nitrogens with zero attached hydrogens (tertiary/aromatic N) is 1. The molecule has 2 aromatic carbocycles. The molecule has 1 aliphatic heterocycles. The van der Waals surface area contributed by atoms with Crippen LogP contribution in [0.5, 0.6) is 0 Å². The van der Waals surface area contributed by atoms with Gasteiger partial charge in [0.1, 0.15) is 0 Å². The number of benzene rings is 2. The molecule has 0 radical (unpaired) electrons. The molecular formula is C22H23NO6S. The van der Waals surface area contributed by atoms with Gasteiger partial charge in [-0.05, 0) is 55.7 Å². The van der Waals surface area contributed by atoms with Crippen LogP contribution in [0.1, 0.15) is 25.0 Å². The van der Waals surface area contributed by atoms with Crippen molar-refractivity contribution in [3.05, 3.63) is 65.7 Å². The quantitative estimate of drug-likeness (QED) is 0.497. The molecule has 2 aromatic rings. The molecule has 0 bridgehead atoms. The maximum absolute atomic E-state index is 13.0. The Kier molecular flexibility index (Phi) is 6.56. The third-order valence-corrected chi connectivity index (χ3v) is 6.25. The molecule has 0 aliphatic carbocycles. The largest absolute Gasteiger partial charge is 0.460 e. The van der Waals surface area contributed by atoms with Crippen LogP contribution >= 0.6 is 0 Å². The van der Waals surface area contributed by atoms with Gasteiger partial charge in [0, 0.05) is 12.6 Å². The summed E-state index contributed by atoms with van der Waals surface area (Å²) in [5, 5.41) is 0. The lowest BCUT2D eigenvalue weighted by Crippen LogP contribution is -2.29.